The van der Waals surface area contributed by atoms with Gasteiger partial charge in [0.2, 0.25) is 0 Å². The number of halogens is 3. The zero-order valence-corrected chi connectivity index (χ0v) is 17.5. The second-order valence-electron chi connectivity index (χ2n) is 7.02. The van der Waals surface area contributed by atoms with E-state index >= 15 is 0 Å². The fraction of sp³-hybridized carbons (Fsp3) is 0.300. The molecule has 4 rings (SSSR count). The van der Waals surface area contributed by atoms with E-state index in [4.69, 9.17) is 23.2 Å². The Morgan fingerprint density at radius 3 is 2.75 bits per heavy atom. The van der Waals surface area contributed by atoms with Crippen LogP contribution in [0.4, 0.5) is 4.39 Å². The van der Waals surface area contributed by atoms with E-state index < -0.39 is 5.82 Å². The molecule has 28 heavy (non-hydrogen) atoms. The van der Waals surface area contributed by atoms with Gasteiger partial charge in [0.05, 0.1) is 16.7 Å². The number of aliphatic hydroxyl groups is 1. The van der Waals surface area contributed by atoms with Crippen molar-refractivity contribution in [1.29, 1.82) is 0 Å². The van der Waals surface area contributed by atoms with Crippen molar-refractivity contribution in [2.24, 2.45) is 0 Å². The summed E-state index contributed by atoms with van der Waals surface area (Å²) in [5.74, 6) is 1.89. The molecule has 4 nitrogen and oxygen atoms in total. The van der Waals surface area contributed by atoms with Crippen molar-refractivity contribution in [3.05, 3.63) is 58.1 Å². The minimum Gasteiger partial charge on any atom is -0.395 e. The third kappa shape index (κ3) is 3.54. The zero-order valence-electron chi connectivity index (χ0n) is 15.1. The lowest BCUT2D eigenvalue weighted by atomic mass is 10.0. The predicted molar refractivity (Wildman–Crippen MR) is 113 cm³/mol. The molecule has 3 aromatic rings. The summed E-state index contributed by atoms with van der Waals surface area (Å²) in [7, 11) is 0. The first-order chi connectivity index (χ1) is 13.4. The maximum Gasteiger partial charge on any atom is 0.165 e. The second-order valence-corrected chi connectivity index (χ2v) is 9.52. The van der Waals surface area contributed by atoms with Crippen molar-refractivity contribution in [1.82, 2.24) is 14.8 Å². The molecule has 1 unspecified atom stereocenters. The molecule has 0 fully saturated rings. The molecule has 1 aliphatic rings. The molecular weight excluding hydrogens is 420 g/mol. The van der Waals surface area contributed by atoms with Crippen LogP contribution in [0.2, 0.25) is 10.0 Å². The molecule has 8 heteroatoms. The summed E-state index contributed by atoms with van der Waals surface area (Å²) < 4.78 is 16.1. The van der Waals surface area contributed by atoms with Gasteiger partial charge in [0, 0.05) is 34.6 Å². The van der Waals surface area contributed by atoms with Gasteiger partial charge in [-0.25, -0.2) is 4.39 Å². The topological polar surface area (TPSA) is 50.9 Å². The fourth-order valence-corrected chi connectivity index (χ4v) is 4.89. The molecule has 146 valence electrons. The van der Waals surface area contributed by atoms with Gasteiger partial charge in [-0.15, -0.1) is 10.2 Å². The van der Waals surface area contributed by atoms with Gasteiger partial charge in [-0.3, -0.25) is 0 Å². The van der Waals surface area contributed by atoms with Gasteiger partial charge in [-0.1, -0.05) is 41.4 Å². The SMILES string of the molecule is CC1(CO)Cc2nnc(-c3ccc(-c4cccc(Cl)c4F)cc3Cl)n2CCS1. The van der Waals surface area contributed by atoms with Crippen LogP contribution in [0.3, 0.4) is 0 Å². The Balaban J connectivity index is 1.73. The Morgan fingerprint density at radius 1 is 1.18 bits per heavy atom. The monoisotopic (exact) mass is 437 g/mol. The summed E-state index contributed by atoms with van der Waals surface area (Å²) in [5.41, 5.74) is 1.79. The highest BCUT2D eigenvalue weighted by Crippen LogP contribution is 2.37. The molecule has 0 spiro atoms. The summed E-state index contributed by atoms with van der Waals surface area (Å²) in [5, 5.41) is 18.9. The third-order valence-electron chi connectivity index (χ3n) is 4.93. The van der Waals surface area contributed by atoms with Crippen molar-refractivity contribution in [3.8, 4) is 22.5 Å². The molecule has 0 bridgehead atoms. The molecule has 0 saturated heterocycles. The highest BCUT2D eigenvalue weighted by atomic mass is 35.5. The molecule has 2 heterocycles. The number of benzene rings is 2. The van der Waals surface area contributed by atoms with Gasteiger partial charge >= 0.3 is 0 Å². The Bertz CT molecular complexity index is 1040. The minimum absolute atomic E-state index is 0.0740. The predicted octanol–water partition coefficient (Wildman–Crippen LogP) is 5.10. The Morgan fingerprint density at radius 2 is 2.00 bits per heavy atom. The molecule has 1 N–H and O–H groups in total. The van der Waals surface area contributed by atoms with E-state index in [1.54, 1.807) is 36.0 Å². The van der Waals surface area contributed by atoms with Crippen LogP contribution in [0.5, 0.6) is 0 Å². The lowest BCUT2D eigenvalue weighted by Gasteiger charge is -2.23. The highest BCUT2D eigenvalue weighted by Gasteiger charge is 2.31. The maximum absolute atomic E-state index is 14.3. The zero-order chi connectivity index (χ0) is 19.9. The summed E-state index contributed by atoms with van der Waals surface area (Å²) in [6.45, 7) is 2.85. The van der Waals surface area contributed by atoms with E-state index in [1.807, 2.05) is 13.0 Å². The average molecular weight is 438 g/mol. The van der Waals surface area contributed by atoms with Gasteiger partial charge in [0.1, 0.15) is 11.6 Å². The Labute approximate surface area is 176 Å². The summed E-state index contributed by atoms with van der Waals surface area (Å²) in [4.78, 5) is 0. The van der Waals surface area contributed by atoms with E-state index in [0.29, 0.717) is 28.4 Å². The lowest BCUT2D eigenvalue weighted by Crippen LogP contribution is -2.28. The van der Waals surface area contributed by atoms with Crippen LogP contribution in [0.1, 0.15) is 12.7 Å². The molecule has 1 atom stereocenters. The van der Waals surface area contributed by atoms with Crippen molar-refractivity contribution in [3.63, 3.8) is 0 Å². The Kier molecular flexibility index (Phi) is 5.40. The van der Waals surface area contributed by atoms with Crippen LogP contribution < -0.4 is 0 Å². The molecule has 0 aliphatic carbocycles. The maximum atomic E-state index is 14.3. The van der Waals surface area contributed by atoms with E-state index in [0.717, 1.165) is 23.7 Å². The van der Waals surface area contributed by atoms with Crippen LogP contribution >= 0.6 is 35.0 Å². The van der Waals surface area contributed by atoms with Crippen molar-refractivity contribution in [2.45, 2.75) is 24.6 Å². The first-order valence-corrected chi connectivity index (χ1v) is 10.6. The Hall–Kier alpha value is -1.60. The van der Waals surface area contributed by atoms with E-state index in [-0.39, 0.29) is 16.4 Å². The van der Waals surface area contributed by atoms with Gasteiger partial charge in [-0.05, 0) is 30.7 Å². The fourth-order valence-electron chi connectivity index (χ4n) is 3.36. The van der Waals surface area contributed by atoms with Crippen LogP contribution in [0, 0.1) is 5.82 Å². The number of thioether (sulfide) groups is 1. The van der Waals surface area contributed by atoms with E-state index in [1.165, 1.54) is 6.07 Å². The standard InChI is InChI=1S/C20H18Cl2FN3OS/c1-20(11-27)10-17-24-25-19(26(17)7-8-28-20)14-6-5-12(9-16(14)22)13-3-2-4-15(21)18(13)23/h2-6,9,27H,7-8,10-11H2,1H3. The normalized spacial score (nSPS) is 19.3. The number of hydrogen-bond donors (Lipinski definition) is 1. The number of hydrogen-bond acceptors (Lipinski definition) is 4. The van der Waals surface area contributed by atoms with Gasteiger partial charge in [-0.2, -0.15) is 11.8 Å². The average Bonchev–Trinajstić information content (AvgIpc) is 2.97. The molecule has 0 radical (unpaired) electrons. The number of aliphatic hydroxyl groups excluding tert-OH is 1. The molecule has 2 aromatic carbocycles. The van der Waals surface area contributed by atoms with E-state index in [2.05, 4.69) is 14.8 Å². The molecule has 1 aliphatic heterocycles. The molecule has 0 saturated carbocycles. The second kappa shape index (κ2) is 7.67. The van der Waals surface area contributed by atoms with Gasteiger partial charge in [0.15, 0.2) is 5.82 Å². The van der Waals surface area contributed by atoms with Crippen molar-refractivity contribution < 1.29 is 9.50 Å². The van der Waals surface area contributed by atoms with Crippen LogP contribution in [-0.2, 0) is 13.0 Å². The summed E-state index contributed by atoms with van der Waals surface area (Å²) in [6, 6.07) is 10.2. The van der Waals surface area contributed by atoms with Gasteiger partial charge < -0.3 is 9.67 Å². The summed E-state index contributed by atoms with van der Waals surface area (Å²) >= 11 is 14.2. The smallest absolute Gasteiger partial charge is 0.165 e. The van der Waals surface area contributed by atoms with Crippen molar-refractivity contribution >= 4 is 35.0 Å². The molecule has 1 aromatic heterocycles. The van der Waals surface area contributed by atoms with Crippen LogP contribution in [-0.4, -0.2) is 37.0 Å². The number of fused-ring (bicyclic) bond motifs is 1. The van der Waals surface area contributed by atoms with E-state index in [9.17, 15) is 9.50 Å². The first kappa shape index (κ1) is 19.7. The molecular formula is C20H18Cl2FN3OS. The third-order valence-corrected chi connectivity index (χ3v) is 6.89. The number of aromatic nitrogens is 3. The van der Waals surface area contributed by atoms with Crippen LogP contribution in [0.25, 0.3) is 22.5 Å². The van der Waals surface area contributed by atoms with Gasteiger partial charge in [0.25, 0.3) is 0 Å². The summed E-state index contributed by atoms with van der Waals surface area (Å²) in [6.07, 6.45) is 0.630. The number of nitrogens with zero attached hydrogens (tertiary/aromatic N) is 3. The number of rotatable bonds is 3. The van der Waals surface area contributed by atoms with Crippen molar-refractivity contribution in [2.75, 3.05) is 12.4 Å². The largest absolute Gasteiger partial charge is 0.395 e. The first-order valence-electron chi connectivity index (χ1n) is 8.83. The van der Waals surface area contributed by atoms with Crippen LogP contribution in [0.15, 0.2) is 36.4 Å². The lowest BCUT2D eigenvalue weighted by molar-refractivity contribution is 0.254. The highest BCUT2D eigenvalue weighted by molar-refractivity contribution is 8.00. The molecule has 0 amide bonds. The quantitative estimate of drug-likeness (QED) is 0.619. The minimum atomic E-state index is -0.468.